The first-order valence-corrected chi connectivity index (χ1v) is 7.72. The number of allylic oxidation sites excluding steroid dienone is 2. The standard InChI is InChI=1S/C12H8ClNO4.C4H9NO/c13-9-10(14-5-8(15)16)12(18)7-4-2-1-3-6(7)11(9)17;1-3-6-4-2-5-1/h1-4,14H,5H2,(H,15,16);5H,1-4H2. The molecule has 0 saturated carbocycles. The van der Waals surface area contributed by atoms with E-state index in [-0.39, 0.29) is 21.9 Å². The monoisotopic (exact) mass is 352 g/mol. The zero-order valence-corrected chi connectivity index (χ0v) is 13.6. The molecular weight excluding hydrogens is 336 g/mol. The molecule has 0 aromatic heterocycles. The third-order valence-electron chi connectivity index (χ3n) is 3.32. The summed E-state index contributed by atoms with van der Waals surface area (Å²) in [6, 6.07) is 6.26. The van der Waals surface area contributed by atoms with Gasteiger partial charge in [0.05, 0.1) is 13.2 Å². The molecule has 128 valence electrons. The van der Waals surface area contributed by atoms with Crippen molar-refractivity contribution in [2.75, 3.05) is 32.8 Å². The molecule has 1 heterocycles. The number of carbonyl (C=O) groups excluding carboxylic acids is 2. The van der Waals surface area contributed by atoms with Gasteiger partial charge in [-0.25, -0.2) is 0 Å². The molecule has 24 heavy (non-hydrogen) atoms. The van der Waals surface area contributed by atoms with E-state index in [1.54, 1.807) is 12.1 Å². The Balaban J connectivity index is 0.000000292. The van der Waals surface area contributed by atoms with Gasteiger partial charge in [-0.15, -0.1) is 0 Å². The minimum Gasteiger partial charge on any atom is -0.480 e. The molecule has 0 bridgehead atoms. The first-order chi connectivity index (χ1) is 11.5. The van der Waals surface area contributed by atoms with E-state index < -0.39 is 24.1 Å². The fourth-order valence-electron chi connectivity index (χ4n) is 2.18. The van der Waals surface area contributed by atoms with Crippen LogP contribution in [0.3, 0.4) is 0 Å². The molecule has 0 amide bonds. The van der Waals surface area contributed by atoms with Crippen LogP contribution in [0.5, 0.6) is 0 Å². The average Bonchev–Trinajstić information content (AvgIpc) is 2.61. The van der Waals surface area contributed by atoms with Gasteiger partial charge < -0.3 is 20.5 Å². The highest BCUT2D eigenvalue weighted by Crippen LogP contribution is 2.26. The van der Waals surface area contributed by atoms with Crippen molar-refractivity contribution in [1.29, 1.82) is 0 Å². The summed E-state index contributed by atoms with van der Waals surface area (Å²) in [5.74, 6) is -2.11. The molecular formula is C16H17ClN2O5. The van der Waals surface area contributed by atoms with E-state index in [4.69, 9.17) is 21.4 Å². The van der Waals surface area contributed by atoms with Gasteiger partial charge in [0.25, 0.3) is 0 Å². The van der Waals surface area contributed by atoms with Crippen LogP contribution in [0.15, 0.2) is 35.0 Å². The third kappa shape index (κ3) is 4.41. The molecule has 1 aliphatic carbocycles. The lowest BCUT2D eigenvalue weighted by molar-refractivity contribution is -0.135. The van der Waals surface area contributed by atoms with E-state index in [1.165, 1.54) is 12.1 Å². The number of morpholine rings is 1. The Bertz CT molecular complexity index is 671. The number of benzene rings is 1. The lowest BCUT2D eigenvalue weighted by Gasteiger charge is -2.17. The summed E-state index contributed by atoms with van der Waals surface area (Å²) in [6.07, 6.45) is 0. The molecule has 7 nitrogen and oxygen atoms in total. The van der Waals surface area contributed by atoms with Crippen molar-refractivity contribution in [3.63, 3.8) is 0 Å². The predicted octanol–water partition coefficient (Wildman–Crippen LogP) is 0.796. The zero-order chi connectivity index (χ0) is 17.5. The molecule has 0 atom stereocenters. The summed E-state index contributed by atoms with van der Waals surface area (Å²) in [5.41, 5.74) is 0.288. The van der Waals surface area contributed by atoms with Crippen LogP contribution < -0.4 is 10.6 Å². The topological polar surface area (TPSA) is 105 Å². The predicted molar refractivity (Wildman–Crippen MR) is 87.3 cm³/mol. The van der Waals surface area contributed by atoms with Gasteiger partial charge >= 0.3 is 5.97 Å². The summed E-state index contributed by atoms with van der Waals surface area (Å²) in [4.78, 5) is 34.4. The second kappa shape index (κ2) is 8.58. The van der Waals surface area contributed by atoms with E-state index in [2.05, 4.69) is 10.6 Å². The van der Waals surface area contributed by atoms with Gasteiger partial charge in [-0.2, -0.15) is 0 Å². The Labute approximate surface area is 143 Å². The fourth-order valence-corrected chi connectivity index (χ4v) is 2.44. The van der Waals surface area contributed by atoms with Gasteiger partial charge in [0.1, 0.15) is 17.3 Å². The van der Waals surface area contributed by atoms with Gasteiger partial charge in [-0.1, -0.05) is 35.9 Å². The average molecular weight is 353 g/mol. The van der Waals surface area contributed by atoms with E-state index in [9.17, 15) is 14.4 Å². The van der Waals surface area contributed by atoms with E-state index >= 15 is 0 Å². The number of ether oxygens (including phenoxy) is 1. The molecule has 3 N–H and O–H groups in total. The Morgan fingerprint density at radius 2 is 1.75 bits per heavy atom. The lowest BCUT2D eigenvalue weighted by Crippen LogP contribution is -2.32. The number of rotatable bonds is 3. The Hall–Kier alpha value is -2.22. The molecule has 1 aliphatic heterocycles. The molecule has 0 radical (unpaired) electrons. The first-order valence-electron chi connectivity index (χ1n) is 7.34. The van der Waals surface area contributed by atoms with Gasteiger partial charge in [-0.05, 0) is 0 Å². The van der Waals surface area contributed by atoms with Gasteiger partial charge in [-0.3, -0.25) is 14.4 Å². The van der Waals surface area contributed by atoms with Crippen molar-refractivity contribution < 1.29 is 24.2 Å². The summed E-state index contributed by atoms with van der Waals surface area (Å²) >= 11 is 5.79. The molecule has 1 saturated heterocycles. The number of hydrogen-bond acceptors (Lipinski definition) is 6. The van der Waals surface area contributed by atoms with Crippen LogP contribution in [0.1, 0.15) is 20.7 Å². The summed E-state index contributed by atoms with van der Waals surface area (Å²) in [5, 5.41) is 13.8. The number of ketones is 2. The third-order valence-corrected chi connectivity index (χ3v) is 3.69. The van der Waals surface area contributed by atoms with Crippen LogP contribution in [0.4, 0.5) is 0 Å². The number of carboxylic acid groups (broad SMARTS) is 1. The van der Waals surface area contributed by atoms with Crippen LogP contribution in [0.2, 0.25) is 0 Å². The summed E-state index contributed by atoms with van der Waals surface area (Å²) in [6.45, 7) is 3.35. The van der Waals surface area contributed by atoms with E-state index in [1.807, 2.05) is 0 Å². The second-order valence-electron chi connectivity index (χ2n) is 5.00. The highest BCUT2D eigenvalue weighted by Gasteiger charge is 2.31. The second-order valence-corrected chi connectivity index (χ2v) is 5.38. The van der Waals surface area contributed by atoms with Crippen LogP contribution >= 0.6 is 11.6 Å². The molecule has 2 aliphatic rings. The largest absolute Gasteiger partial charge is 0.480 e. The van der Waals surface area contributed by atoms with Crippen LogP contribution in [-0.4, -0.2) is 55.5 Å². The van der Waals surface area contributed by atoms with Gasteiger partial charge in [0.15, 0.2) is 0 Å². The maximum Gasteiger partial charge on any atom is 0.322 e. The number of fused-ring (bicyclic) bond motifs is 1. The zero-order valence-electron chi connectivity index (χ0n) is 12.8. The Morgan fingerprint density at radius 1 is 1.17 bits per heavy atom. The SMILES string of the molecule is C1COCCN1.O=C(O)CNC1=C(Cl)C(=O)c2ccccc2C1=O. The van der Waals surface area contributed by atoms with Crippen molar-refractivity contribution >= 4 is 29.1 Å². The Morgan fingerprint density at radius 3 is 2.21 bits per heavy atom. The quantitative estimate of drug-likeness (QED) is 0.738. The van der Waals surface area contributed by atoms with Gasteiger partial charge in [0, 0.05) is 24.2 Å². The molecule has 3 rings (SSSR count). The first kappa shape index (κ1) is 18.1. The number of nitrogens with one attached hydrogen (secondary N) is 2. The molecule has 1 fully saturated rings. The lowest BCUT2D eigenvalue weighted by atomic mass is 9.92. The molecule has 8 heteroatoms. The van der Waals surface area contributed by atoms with Crippen molar-refractivity contribution in [2.45, 2.75) is 0 Å². The molecule has 1 aromatic carbocycles. The minimum atomic E-state index is -1.15. The Kier molecular flexibility index (Phi) is 6.48. The highest BCUT2D eigenvalue weighted by atomic mass is 35.5. The van der Waals surface area contributed by atoms with Gasteiger partial charge in [0.2, 0.25) is 11.6 Å². The van der Waals surface area contributed by atoms with Crippen LogP contribution in [-0.2, 0) is 9.53 Å². The van der Waals surface area contributed by atoms with Crippen molar-refractivity contribution in [3.8, 4) is 0 Å². The van der Waals surface area contributed by atoms with Crippen molar-refractivity contribution in [1.82, 2.24) is 10.6 Å². The maximum atomic E-state index is 12.0. The molecule has 1 aromatic rings. The van der Waals surface area contributed by atoms with Crippen LogP contribution in [0, 0.1) is 0 Å². The molecule has 0 spiro atoms. The van der Waals surface area contributed by atoms with Crippen molar-refractivity contribution in [3.05, 3.63) is 46.1 Å². The number of halogens is 1. The van der Waals surface area contributed by atoms with E-state index in [0.29, 0.717) is 0 Å². The normalized spacial score (nSPS) is 16.9. The fraction of sp³-hybridized carbons (Fsp3) is 0.312. The summed E-state index contributed by atoms with van der Waals surface area (Å²) in [7, 11) is 0. The minimum absolute atomic E-state index is 0.164. The number of hydrogen-bond donors (Lipinski definition) is 3. The van der Waals surface area contributed by atoms with E-state index in [0.717, 1.165) is 26.3 Å². The maximum absolute atomic E-state index is 12.0. The number of Topliss-reactive ketones (excluding diaryl/α,β-unsaturated/α-hetero) is 2. The summed E-state index contributed by atoms with van der Waals surface area (Å²) < 4.78 is 5.01. The number of carboxylic acids is 1. The smallest absolute Gasteiger partial charge is 0.322 e. The number of aliphatic carboxylic acids is 1. The van der Waals surface area contributed by atoms with Crippen molar-refractivity contribution in [2.24, 2.45) is 0 Å². The number of carbonyl (C=O) groups is 3. The highest BCUT2D eigenvalue weighted by molar-refractivity contribution is 6.49. The van der Waals surface area contributed by atoms with Crippen LogP contribution in [0.25, 0.3) is 0 Å². The molecule has 0 unspecified atom stereocenters.